The van der Waals surface area contributed by atoms with Gasteiger partial charge in [-0.25, -0.2) is 12.8 Å². The van der Waals surface area contributed by atoms with E-state index < -0.39 is 38.4 Å². The summed E-state index contributed by atoms with van der Waals surface area (Å²) in [7, 11) is -4.13. The summed E-state index contributed by atoms with van der Waals surface area (Å²) in [4.78, 5) is 3.88. The van der Waals surface area contributed by atoms with E-state index in [9.17, 15) is 26.0 Å². The Labute approximate surface area is 175 Å². The van der Waals surface area contributed by atoms with Crippen molar-refractivity contribution in [3.05, 3.63) is 65.8 Å². The summed E-state index contributed by atoms with van der Waals surface area (Å²) in [6, 6.07) is 9.19. The fourth-order valence-electron chi connectivity index (χ4n) is 3.46. The van der Waals surface area contributed by atoms with Gasteiger partial charge in [0.2, 0.25) is 21.7 Å². The number of hydrogen-bond acceptors (Lipinski definition) is 5. The van der Waals surface area contributed by atoms with Crippen molar-refractivity contribution in [2.45, 2.75) is 29.8 Å². The second-order valence-electron chi connectivity index (χ2n) is 7.19. The van der Waals surface area contributed by atoms with Crippen molar-refractivity contribution < 1.29 is 30.5 Å². The molecule has 164 valence electrons. The van der Waals surface area contributed by atoms with Gasteiger partial charge in [0, 0.05) is 18.7 Å². The third-order valence-electron chi connectivity index (χ3n) is 5.08. The Kier molecular flexibility index (Phi) is 5.56. The summed E-state index contributed by atoms with van der Waals surface area (Å²) < 4.78 is 84.4. The minimum absolute atomic E-state index is 0.00360. The zero-order valence-corrected chi connectivity index (χ0v) is 16.8. The van der Waals surface area contributed by atoms with Crippen molar-refractivity contribution in [2.75, 3.05) is 13.1 Å². The van der Waals surface area contributed by atoms with Crippen molar-refractivity contribution in [3.8, 4) is 11.4 Å². The molecule has 1 saturated heterocycles. The molecule has 1 aliphatic rings. The van der Waals surface area contributed by atoms with Gasteiger partial charge in [-0.1, -0.05) is 11.2 Å². The molecular weight excluding hydrogens is 438 g/mol. The molecule has 0 spiro atoms. The highest BCUT2D eigenvalue weighted by Gasteiger charge is 2.36. The Balaban J connectivity index is 1.55. The van der Waals surface area contributed by atoms with Crippen LogP contribution in [0.15, 0.2) is 57.9 Å². The van der Waals surface area contributed by atoms with Gasteiger partial charge < -0.3 is 4.52 Å². The molecule has 1 atom stereocenters. The van der Waals surface area contributed by atoms with Gasteiger partial charge in [0.15, 0.2) is 0 Å². The van der Waals surface area contributed by atoms with E-state index in [0.29, 0.717) is 24.5 Å². The zero-order chi connectivity index (χ0) is 22.2. The average Bonchev–Trinajstić information content (AvgIpc) is 3.24. The third-order valence-corrected chi connectivity index (χ3v) is 6.94. The number of nitrogens with zero attached hydrogens (tertiary/aromatic N) is 3. The van der Waals surface area contributed by atoms with Crippen LogP contribution >= 0.6 is 0 Å². The molecule has 0 bridgehead atoms. The van der Waals surface area contributed by atoms with E-state index in [-0.39, 0.29) is 24.8 Å². The molecule has 6 nitrogen and oxygen atoms in total. The number of alkyl halides is 3. The van der Waals surface area contributed by atoms with Crippen LogP contribution in [-0.4, -0.2) is 36.0 Å². The summed E-state index contributed by atoms with van der Waals surface area (Å²) in [5.74, 6) is -0.345. The number of piperidine rings is 1. The van der Waals surface area contributed by atoms with Crippen molar-refractivity contribution in [3.63, 3.8) is 0 Å². The molecule has 2 heterocycles. The maximum absolute atomic E-state index is 13.1. The van der Waals surface area contributed by atoms with Crippen molar-refractivity contribution in [1.29, 1.82) is 0 Å². The molecule has 0 aliphatic carbocycles. The van der Waals surface area contributed by atoms with Crippen LogP contribution in [-0.2, 0) is 16.2 Å². The lowest BCUT2D eigenvalue weighted by atomic mass is 10.00. The monoisotopic (exact) mass is 455 g/mol. The summed E-state index contributed by atoms with van der Waals surface area (Å²) in [6.45, 7) is 0.178. The topological polar surface area (TPSA) is 76.3 Å². The lowest BCUT2D eigenvalue weighted by Crippen LogP contribution is -2.39. The van der Waals surface area contributed by atoms with Gasteiger partial charge in [0.1, 0.15) is 5.82 Å². The number of rotatable bonds is 4. The van der Waals surface area contributed by atoms with Crippen LogP contribution < -0.4 is 0 Å². The normalized spacial score (nSPS) is 18.3. The first kappa shape index (κ1) is 21.4. The van der Waals surface area contributed by atoms with Gasteiger partial charge in [-0.15, -0.1) is 0 Å². The molecule has 31 heavy (non-hydrogen) atoms. The molecule has 0 amide bonds. The van der Waals surface area contributed by atoms with Gasteiger partial charge in [-0.05, 0) is 55.3 Å². The SMILES string of the molecule is O=S(=O)(c1cccc(C(F)(F)F)c1)N1CCCC(c2nc(-c3ccc(F)cc3)no2)C1. The van der Waals surface area contributed by atoms with E-state index in [0.717, 1.165) is 22.5 Å². The lowest BCUT2D eigenvalue weighted by Gasteiger charge is -2.30. The van der Waals surface area contributed by atoms with Crippen molar-refractivity contribution in [2.24, 2.45) is 0 Å². The standard InChI is InChI=1S/C20H17F4N3O3S/c21-16-8-6-13(7-9-16)18-25-19(30-26-18)14-3-2-10-27(12-14)31(28,29)17-5-1-4-15(11-17)20(22,23)24/h1,4-9,11,14H,2-3,10,12H2. The minimum atomic E-state index is -4.64. The average molecular weight is 455 g/mol. The third kappa shape index (κ3) is 4.47. The van der Waals surface area contributed by atoms with E-state index in [2.05, 4.69) is 10.1 Å². The van der Waals surface area contributed by atoms with Gasteiger partial charge in [0.05, 0.1) is 16.4 Å². The van der Waals surface area contributed by atoms with Crippen LogP contribution in [0.1, 0.15) is 30.2 Å². The summed E-state index contributed by atoms with van der Waals surface area (Å²) >= 11 is 0. The molecule has 1 unspecified atom stereocenters. The Morgan fingerprint density at radius 1 is 1.10 bits per heavy atom. The predicted molar refractivity (Wildman–Crippen MR) is 102 cm³/mol. The molecule has 1 fully saturated rings. The van der Waals surface area contributed by atoms with Gasteiger partial charge in [-0.2, -0.15) is 22.5 Å². The van der Waals surface area contributed by atoms with Crippen molar-refractivity contribution >= 4 is 10.0 Å². The van der Waals surface area contributed by atoms with Crippen LogP contribution in [0.25, 0.3) is 11.4 Å². The Morgan fingerprint density at radius 2 is 1.84 bits per heavy atom. The molecule has 2 aromatic carbocycles. The highest BCUT2D eigenvalue weighted by atomic mass is 32.2. The maximum Gasteiger partial charge on any atom is 0.416 e. The first-order chi connectivity index (χ1) is 14.6. The highest BCUT2D eigenvalue weighted by Crippen LogP contribution is 2.33. The van der Waals surface area contributed by atoms with E-state index >= 15 is 0 Å². The van der Waals surface area contributed by atoms with E-state index in [1.54, 1.807) is 0 Å². The maximum atomic E-state index is 13.1. The minimum Gasteiger partial charge on any atom is -0.339 e. The molecule has 0 saturated carbocycles. The van der Waals surface area contributed by atoms with Crippen LogP contribution in [0.4, 0.5) is 17.6 Å². The van der Waals surface area contributed by atoms with Crippen LogP contribution in [0, 0.1) is 5.82 Å². The molecule has 3 aromatic rings. The number of halogens is 4. The van der Waals surface area contributed by atoms with Crippen LogP contribution in [0.2, 0.25) is 0 Å². The first-order valence-electron chi connectivity index (χ1n) is 9.41. The number of sulfonamides is 1. The van der Waals surface area contributed by atoms with Gasteiger partial charge in [-0.3, -0.25) is 0 Å². The molecular formula is C20H17F4N3O3S. The molecule has 1 aromatic heterocycles. The second-order valence-corrected chi connectivity index (χ2v) is 9.13. The summed E-state index contributed by atoms with van der Waals surface area (Å²) in [5, 5.41) is 3.87. The highest BCUT2D eigenvalue weighted by molar-refractivity contribution is 7.89. The first-order valence-corrected chi connectivity index (χ1v) is 10.9. The number of benzene rings is 2. The van der Waals surface area contributed by atoms with Gasteiger partial charge in [0.25, 0.3) is 0 Å². The fourth-order valence-corrected chi connectivity index (χ4v) is 5.03. The smallest absolute Gasteiger partial charge is 0.339 e. The van der Waals surface area contributed by atoms with Crippen LogP contribution in [0.5, 0.6) is 0 Å². The molecule has 4 rings (SSSR count). The Bertz CT molecular complexity index is 1180. The zero-order valence-electron chi connectivity index (χ0n) is 16.0. The van der Waals surface area contributed by atoms with Crippen molar-refractivity contribution in [1.82, 2.24) is 14.4 Å². The fraction of sp³-hybridized carbons (Fsp3) is 0.300. The quantitative estimate of drug-likeness (QED) is 0.543. The van der Waals surface area contributed by atoms with Gasteiger partial charge >= 0.3 is 6.18 Å². The number of hydrogen-bond donors (Lipinski definition) is 0. The van der Waals surface area contributed by atoms with E-state index in [1.807, 2.05) is 0 Å². The van der Waals surface area contributed by atoms with E-state index in [1.165, 1.54) is 24.3 Å². The Morgan fingerprint density at radius 3 is 2.55 bits per heavy atom. The molecule has 0 radical (unpaired) electrons. The summed E-state index contributed by atoms with van der Waals surface area (Å²) in [6.07, 6.45) is -3.58. The largest absolute Gasteiger partial charge is 0.416 e. The Hall–Kier alpha value is -2.79. The molecule has 0 N–H and O–H groups in total. The predicted octanol–water partition coefficient (Wildman–Crippen LogP) is 4.46. The van der Waals surface area contributed by atoms with Crippen LogP contribution in [0.3, 0.4) is 0 Å². The number of aromatic nitrogens is 2. The lowest BCUT2D eigenvalue weighted by molar-refractivity contribution is -0.137. The van der Waals surface area contributed by atoms with E-state index in [4.69, 9.17) is 4.52 Å². The second kappa shape index (κ2) is 8.04. The summed E-state index contributed by atoms with van der Waals surface area (Å²) in [5.41, 5.74) is -0.483. The molecule has 11 heteroatoms. The molecule has 1 aliphatic heterocycles.